The number of fused-ring (bicyclic) bond motifs is 1. The lowest BCUT2D eigenvalue weighted by molar-refractivity contribution is 0.0486. The van der Waals surface area contributed by atoms with E-state index in [0.717, 1.165) is 30.0 Å². The molecule has 0 bridgehead atoms. The minimum absolute atomic E-state index is 0.589. The number of aromatic amines is 1. The Morgan fingerprint density at radius 1 is 1.50 bits per heavy atom. The average Bonchev–Trinajstić information content (AvgIpc) is 2.66. The van der Waals surface area contributed by atoms with Gasteiger partial charge in [0.15, 0.2) is 4.77 Å². The highest BCUT2D eigenvalue weighted by Gasteiger charge is 2.16. The molecule has 96 valence electrons. The molecule has 1 aromatic heterocycles. The van der Waals surface area contributed by atoms with Crippen molar-refractivity contribution in [3.05, 3.63) is 28.5 Å². The molecule has 1 aromatic carbocycles. The number of imidazole rings is 1. The van der Waals surface area contributed by atoms with Crippen molar-refractivity contribution in [2.75, 3.05) is 13.2 Å². The Labute approximate surface area is 112 Å². The van der Waals surface area contributed by atoms with E-state index < -0.39 is 0 Å². The van der Waals surface area contributed by atoms with Crippen LogP contribution in [0.3, 0.4) is 0 Å². The van der Waals surface area contributed by atoms with Crippen LogP contribution in [0.25, 0.3) is 11.0 Å². The molecule has 1 saturated heterocycles. The quantitative estimate of drug-likeness (QED) is 0.840. The normalized spacial score (nSPS) is 20.4. The van der Waals surface area contributed by atoms with E-state index in [1.165, 1.54) is 23.9 Å². The molecule has 1 atom stereocenters. The standard InChI is InChI=1S/C14H18N2OS/c1-10-4-5-13-12(7-10)15-14(18)16(13)8-11-3-2-6-17-9-11/h4-5,7,11H,2-3,6,8-9H2,1H3,(H,15,18). The largest absolute Gasteiger partial charge is 0.381 e. The first-order valence-corrected chi connectivity index (χ1v) is 6.92. The fraction of sp³-hybridized carbons (Fsp3) is 0.500. The first-order chi connectivity index (χ1) is 8.74. The molecule has 0 aliphatic carbocycles. The van der Waals surface area contributed by atoms with E-state index in [2.05, 4.69) is 34.7 Å². The molecule has 1 aliphatic rings. The first-order valence-electron chi connectivity index (χ1n) is 6.51. The highest BCUT2D eigenvalue weighted by atomic mass is 32.1. The molecule has 0 radical (unpaired) electrons. The predicted molar refractivity (Wildman–Crippen MR) is 75.4 cm³/mol. The van der Waals surface area contributed by atoms with Crippen LogP contribution in [-0.2, 0) is 11.3 Å². The molecule has 1 N–H and O–H groups in total. The van der Waals surface area contributed by atoms with Crippen molar-refractivity contribution in [3.8, 4) is 0 Å². The third-order valence-corrected chi connectivity index (χ3v) is 3.95. The van der Waals surface area contributed by atoms with Gasteiger partial charge in [0.2, 0.25) is 0 Å². The Balaban J connectivity index is 1.95. The highest BCUT2D eigenvalue weighted by Crippen LogP contribution is 2.21. The second-order valence-corrected chi connectivity index (χ2v) is 5.53. The zero-order chi connectivity index (χ0) is 12.5. The topological polar surface area (TPSA) is 29.9 Å². The van der Waals surface area contributed by atoms with Crippen molar-refractivity contribution in [1.82, 2.24) is 9.55 Å². The van der Waals surface area contributed by atoms with Crippen molar-refractivity contribution in [2.45, 2.75) is 26.3 Å². The van der Waals surface area contributed by atoms with E-state index in [1.54, 1.807) is 0 Å². The van der Waals surface area contributed by atoms with Crippen LogP contribution in [0.2, 0.25) is 0 Å². The van der Waals surface area contributed by atoms with Crippen molar-refractivity contribution >= 4 is 23.3 Å². The minimum Gasteiger partial charge on any atom is -0.381 e. The van der Waals surface area contributed by atoms with Gasteiger partial charge < -0.3 is 14.3 Å². The van der Waals surface area contributed by atoms with Gasteiger partial charge in [-0.25, -0.2) is 0 Å². The summed E-state index contributed by atoms with van der Waals surface area (Å²) in [5.74, 6) is 0.589. The van der Waals surface area contributed by atoms with Gasteiger partial charge in [-0.15, -0.1) is 0 Å². The van der Waals surface area contributed by atoms with Crippen LogP contribution in [0.1, 0.15) is 18.4 Å². The zero-order valence-corrected chi connectivity index (χ0v) is 11.4. The Hall–Kier alpha value is -1.13. The third-order valence-electron chi connectivity index (χ3n) is 3.62. The van der Waals surface area contributed by atoms with Crippen LogP contribution in [0, 0.1) is 17.6 Å². The molecule has 1 unspecified atom stereocenters. The number of H-pyrrole nitrogens is 1. The number of ether oxygens (including phenoxy) is 1. The van der Waals surface area contributed by atoms with Crippen LogP contribution in [0.4, 0.5) is 0 Å². The fourth-order valence-electron chi connectivity index (χ4n) is 2.67. The lowest BCUT2D eigenvalue weighted by atomic mass is 10.0. The van der Waals surface area contributed by atoms with Crippen LogP contribution in [-0.4, -0.2) is 22.8 Å². The fourth-order valence-corrected chi connectivity index (χ4v) is 2.95. The first kappa shape index (κ1) is 11.9. The monoisotopic (exact) mass is 262 g/mol. The van der Waals surface area contributed by atoms with Gasteiger partial charge in [0.25, 0.3) is 0 Å². The van der Waals surface area contributed by atoms with Gasteiger partial charge in [-0.1, -0.05) is 6.07 Å². The summed E-state index contributed by atoms with van der Waals surface area (Å²) in [4.78, 5) is 3.29. The number of benzene rings is 1. The van der Waals surface area contributed by atoms with Gasteiger partial charge in [-0.3, -0.25) is 0 Å². The molecule has 2 aromatic rings. The van der Waals surface area contributed by atoms with Gasteiger partial charge in [0.1, 0.15) is 0 Å². The number of aromatic nitrogens is 2. The van der Waals surface area contributed by atoms with Gasteiger partial charge in [0, 0.05) is 19.1 Å². The molecule has 18 heavy (non-hydrogen) atoms. The summed E-state index contributed by atoms with van der Waals surface area (Å²) >= 11 is 5.43. The molecule has 2 heterocycles. The Bertz CT molecular complexity index is 608. The SMILES string of the molecule is Cc1ccc2c(c1)[nH]c(=S)n2CC1CCCOC1. The third kappa shape index (κ3) is 2.22. The van der Waals surface area contributed by atoms with Crippen molar-refractivity contribution < 1.29 is 4.74 Å². The summed E-state index contributed by atoms with van der Waals surface area (Å²) in [5.41, 5.74) is 3.60. The number of hydrogen-bond donors (Lipinski definition) is 1. The van der Waals surface area contributed by atoms with Crippen LogP contribution >= 0.6 is 12.2 Å². The van der Waals surface area contributed by atoms with Gasteiger partial charge in [0.05, 0.1) is 17.6 Å². The van der Waals surface area contributed by atoms with Crippen molar-refractivity contribution in [3.63, 3.8) is 0 Å². The Morgan fingerprint density at radius 2 is 2.39 bits per heavy atom. The Kier molecular flexibility index (Phi) is 3.22. The van der Waals surface area contributed by atoms with E-state index in [0.29, 0.717) is 5.92 Å². The smallest absolute Gasteiger partial charge is 0.178 e. The minimum atomic E-state index is 0.589. The number of nitrogens with one attached hydrogen (secondary N) is 1. The number of hydrogen-bond acceptors (Lipinski definition) is 2. The van der Waals surface area contributed by atoms with Crippen LogP contribution in [0.5, 0.6) is 0 Å². The molecule has 0 spiro atoms. The molecule has 0 amide bonds. The molecule has 0 saturated carbocycles. The number of aryl methyl sites for hydroxylation is 1. The average molecular weight is 262 g/mol. The predicted octanol–water partition coefficient (Wildman–Crippen LogP) is 3.43. The summed E-state index contributed by atoms with van der Waals surface area (Å²) in [7, 11) is 0. The summed E-state index contributed by atoms with van der Waals surface area (Å²) in [6.45, 7) is 4.83. The maximum atomic E-state index is 5.54. The lowest BCUT2D eigenvalue weighted by Gasteiger charge is -2.22. The maximum Gasteiger partial charge on any atom is 0.178 e. The summed E-state index contributed by atoms with van der Waals surface area (Å²) in [6.07, 6.45) is 2.40. The molecule has 1 fully saturated rings. The van der Waals surface area contributed by atoms with E-state index in [1.807, 2.05) is 0 Å². The summed E-state index contributed by atoms with van der Waals surface area (Å²) < 4.78 is 8.58. The highest BCUT2D eigenvalue weighted by molar-refractivity contribution is 7.71. The van der Waals surface area contributed by atoms with Crippen molar-refractivity contribution in [2.24, 2.45) is 5.92 Å². The summed E-state index contributed by atoms with van der Waals surface area (Å²) in [6, 6.07) is 6.44. The van der Waals surface area contributed by atoms with Gasteiger partial charge >= 0.3 is 0 Å². The molecular formula is C14H18N2OS. The van der Waals surface area contributed by atoms with E-state index >= 15 is 0 Å². The van der Waals surface area contributed by atoms with Crippen LogP contribution < -0.4 is 0 Å². The van der Waals surface area contributed by atoms with Gasteiger partial charge in [-0.2, -0.15) is 0 Å². The zero-order valence-electron chi connectivity index (χ0n) is 10.6. The molecule has 3 nitrogen and oxygen atoms in total. The van der Waals surface area contributed by atoms with E-state index in [4.69, 9.17) is 17.0 Å². The second-order valence-electron chi connectivity index (χ2n) is 5.14. The van der Waals surface area contributed by atoms with E-state index in [-0.39, 0.29) is 0 Å². The Morgan fingerprint density at radius 3 is 3.17 bits per heavy atom. The number of rotatable bonds is 2. The molecule has 1 aliphatic heterocycles. The second kappa shape index (κ2) is 4.86. The lowest BCUT2D eigenvalue weighted by Crippen LogP contribution is -2.22. The maximum absolute atomic E-state index is 5.54. The van der Waals surface area contributed by atoms with Crippen molar-refractivity contribution in [1.29, 1.82) is 0 Å². The van der Waals surface area contributed by atoms with E-state index in [9.17, 15) is 0 Å². The number of nitrogens with zero attached hydrogens (tertiary/aromatic N) is 1. The van der Waals surface area contributed by atoms with Gasteiger partial charge in [-0.05, 0) is 49.7 Å². The molecule has 3 rings (SSSR count). The molecule has 4 heteroatoms. The van der Waals surface area contributed by atoms with Crippen LogP contribution in [0.15, 0.2) is 18.2 Å². The summed E-state index contributed by atoms with van der Waals surface area (Å²) in [5, 5.41) is 0. The molecular weight excluding hydrogens is 244 g/mol.